The second-order valence-corrected chi connectivity index (χ2v) is 7.24. The molecule has 1 saturated heterocycles. The highest BCUT2D eigenvalue weighted by atomic mass is 32.1. The van der Waals surface area contributed by atoms with Crippen molar-refractivity contribution < 1.29 is 9.53 Å². The van der Waals surface area contributed by atoms with Gasteiger partial charge in [0.2, 0.25) is 5.95 Å². The topological polar surface area (TPSA) is 94.0 Å². The number of nitrogens with zero attached hydrogens (tertiary/aromatic N) is 4. The lowest BCUT2D eigenvalue weighted by Crippen LogP contribution is -2.23. The molecule has 1 atom stereocenters. The molecular formula is C21H26N6O2S. The Bertz CT molecular complexity index is 1020. The molecule has 9 heteroatoms. The first-order valence-corrected chi connectivity index (χ1v) is 9.64. The summed E-state index contributed by atoms with van der Waals surface area (Å²) in [5.41, 5.74) is 3.45. The maximum absolute atomic E-state index is 12.5. The van der Waals surface area contributed by atoms with Crippen molar-refractivity contribution in [2.24, 2.45) is 0 Å². The van der Waals surface area contributed by atoms with E-state index in [1.54, 1.807) is 23.3 Å². The summed E-state index contributed by atoms with van der Waals surface area (Å²) >= 11 is 0. The quantitative estimate of drug-likeness (QED) is 0.629. The smallest absolute Gasteiger partial charge is 0.271 e. The van der Waals surface area contributed by atoms with Crippen molar-refractivity contribution in [1.82, 2.24) is 24.8 Å². The van der Waals surface area contributed by atoms with Crippen molar-refractivity contribution >= 4 is 25.4 Å². The van der Waals surface area contributed by atoms with Gasteiger partial charge in [-0.3, -0.25) is 9.36 Å². The Hall–Kier alpha value is -2.91. The van der Waals surface area contributed by atoms with E-state index in [0.29, 0.717) is 30.6 Å². The van der Waals surface area contributed by atoms with Gasteiger partial charge in [-0.05, 0) is 25.8 Å². The largest absolute Gasteiger partial charge is 0.379 e. The van der Waals surface area contributed by atoms with Crippen LogP contribution in [0.5, 0.6) is 0 Å². The van der Waals surface area contributed by atoms with Crippen molar-refractivity contribution in [3.8, 4) is 5.82 Å². The predicted octanol–water partition coefficient (Wildman–Crippen LogP) is 2.52. The summed E-state index contributed by atoms with van der Waals surface area (Å²) in [4.78, 5) is 25.7. The van der Waals surface area contributed by atoms with Crippen molar-refractivity contribution in [2.75, 3.05) is 18.5 Å². The minimum absolute atomic E-state index is 0. The van der Waals surface area contributed by atoms with E-state index in [0.717, 1.165) is 29.7 Å². The molecule has 0 spiro atoms. The molecule has 0 radical (unpaired) electrons. The highest BCUT2D eigenvalue weighted by Crippen LogP contribution is 2.16. The Morgan fingerprint density at radius 2 is 2.17 bits per heavy atom. The Morgan fingerprint density at radius 3 is 2.93 bits per heavy atom. The molecular weight excluding hydrogens is 400 g/mol. The number of hydrogen-bond donors (Lipinski definition) is 2. The van der Waals surface area contributed by atoms with Gasteiger partial charge in [0.15, 0.2) is 0 Å². The average molecular weight is 427 g/mol. The highest BCUT2D eigenvalue weighted by Gasteiger charge is 2.17. The average Bonchev–Trinajstić information content (AvgIpc) is 3.40. The number of aryl methyl sites for hydroxylation is 2. The fourth-order valence-corrected chi connectivity index (χ4v) is 3.25. The summed E-state index contributed by atoms with van der Waals surface area (Å²) < 4.78 is 7.13. The van der Waals surface area contributed by atoms with E-state index in [1.807, 2.05) is 38.1 Å². The third-order valence-electron chi connectivity index (χ3n) is 4.80. The van der Waals surface area contributed by atoms with Gasteiger partial charge < -0.3 is 15.4 Å². The number of imidazole rings is 1. The molecule has 1 fully saturated rings. The number of benzene rings is 1. The first-order chi connectivity index (χ1) is 14.1. The third kappa shape index (κ3) is 5.17. The Kier molecular flexibility index (Phi) is 7.07. The number of anilines is 1. The molecule has 2 N–H and O–H groups in total. The van der Waals surface area contributed by atoms with Crippen molar-refractivity contribution in [3.05, 3.63) is 65.4 Å². The fourth-order valence-electron chi connectivity index (χ4n) is 3.25. The molecule has 0 bridgehead atoms. The molecule has 4 rings (SSSR count). The lowest BCUT2D eigenvalue weighted by molar-refractivity contribution is 0.0946. The van der Waals surface area contributed by atoms with E-state index in [-0.39, 0.29) is 25.4 Å². The zero-order chi connectivity index (χ0) is 20.2. The minimum atomic E-state index is -0.224. The molecule has 8 nitrogen and oxygen atoms in total. The summed E-state index contributed by atoms with van der Waals surface area (Å²) in [6.45, 7) is 5.81. The maximum Gasteiger partial charge on any atom is 0.271 e. The molecule has 1 aliphatic heterocycles. The molecule has 1 amide bonds. The Morgan fingerprint density at radius 1 is 1.30 bits per heavy atom. The van der Waals surface area contributed by atoms with E-state index in [9.17, 15) is 4.79 Å². The van der Waals surface area contributed by atoms with Crippen LogP contribution in [0.25, 0.3) is 5.82 Å². The zero-order valence-electron chi connectivity index (χ0n) is 17.1. The van der Waals surface area contributed by atoms with Crippen molar-refractivity contribution in [1.29, 1.82) is 0 Å². The lowest BCUT2D eigenvalue weighted by atomic mass is 10.1. The van der Waals surface area contributed by atoms with Crippen LogP contribution in [0.15, 0.2) is 43.0 Å². The van der Waals surface area contributed by atoms with Crippen LogP contribution in [0.1, 0.15) is 33.6 Å². The third-order valence-corrected chi connectivity index (χ3v) is 4.80. The summed E-state index contributed by atoms with van der Waals surface area (Å²) in [5.74, 6) is 1.00. The van der Waals surface area contributed by atoms with E-state index >= 15 is 0 Å². The van der Waals surface area contributed by atoms with E-state index in [1.165, 1.54) is 0 Å². The summed E-state index contributed by atoms with van der Waals surface area (Å²) in [7, 11) is 0. The number of aromatic nitrogens is 4. The fraction of sp³-hybridized carbons (Fsp3) is 0.333. The van der Waals surface area contributed by atoms with Gasteiger partial charge in [-0.1, -0.05) is 29.8 Å². The highest BCUT2D eigenvalue weighted by molar-refractivity contribution is 7.59. The lowest BCUT2D eigenvalue weighted by Gasteiger charge is -2.12. The van der Waals surface area contributed by atoms with Gasteiger partial charge in [0.05, 0.1) is 12.6 Å². The first-order valence-electron chi connectivity index (χ1n) is 9.64. The van der Waals surface area contributed by atoms with Gasteiger partial charge in [-0.2, -0.15) is 18.5 Å². The molecule has 3 aromatic rings. The van der Waals surface area contributed by atoms with Crippen LogP contribution in [-0.2, 0) is 11.3 Å². The van der Waals surface area contributed by atoms with Crippen LogP contribution in [0.3, 0.4) is 0 Å². The first kappa shape index (κ1) is 21.8. The van der Waals surface area contributed by atoms with E-state index < -0.39 is 0 Å². The number of carbonyl (C=O) groups is 1. The van der Waals surface area contributed by atoms with Gasteiger partial charge in [0.1, 0.15) is 17.8 Å². The molecule has 30 heavy (non-hydrogen) atoms. The number of ether oxygens (including phenoxy) is 1. The zero-order valence-corrected chi connectivity index (χ0v) is 18.1. The molecule has 0 saturated carbocycles. The van der Waals surface area contributed by atoms with Crippen LogP contribution in [0.2, 0.25) is 0 Å². The molecule has 0 unspecified atom stereocenters. The Balaban J connectivity index is 0.00000256. The van der Waals surface area contributed by atoms with Gasteiger partial charge in [-0.15, -0.1) is 0 Å². The molecule has 1 aromatic carbocycles. The van der Waals surface area contributed by atoms with E-state index in [2.05, 4.69) is 25.6 Å². The van der Waals surface area contributed by atoms with Crippen LogP contribution >= 0.6 is 13.5 Å². The Labute approximate surface area is 182 Å². The standard InChI is InChI=1S/C21H24N6O2.H2S/c1-14-4-3-5-16(8-14)10-22-20(28)18-11-27(13-24-18)19-15(2)9-23-21(26-19)25-17-6-7-29-12-17;/h3-5,8-9,11,13,17H,6-7,10,12H2,1-2H3,(H,22,28)(H,23,25,26);1H2/t17-;/m0./s1. The summed E-state index contributed by atoms with van der Waals surface area (Å²) in [5, 5.41) is 6.20. The van der Waals surface area contributed by atoms with E-state index in [4.69, 9.17) is 4.74 Å². The van der Waals surface area contributed by atoms with Crippen LogP contribution < -0.4 is 10.6 Å². The van der Waals surface area contributed by atoms with Crippen molar-refractivity contribution in [3.63, 3.8) is 0 Å². The molecule has 0 aliphatic carbocycles. The number of nitrogens with one attached hydrogen (secondary N) is 2. The van der Waals surface area contributed by atoms with Gasteiger partial charge in [0.25, 0.3) is 5.91 Å². The maximum atomic E-state index is 12.5. The van der Waals surface area contributed by atoms with Crippen LogP contribution in [-0.4, -0.2) is 44.7 Å². The number of hydrogen-bond acceptors (Lipinski definition) is 6. The monoisotopic (exact) mass is 426 g/mol. The second kappa shape index (κ2) is 9.73. The molecule has 158 valence electrons. The number of carbonyl (C=O) groups excluding carboxylic acids is 1. The normalized spacial score (nSPS) is 15.5. The van der Waals surface area contributed by atoms with Crippen molar-refractivity contribution in [2.45, 2.75) is 32.9 Å². The predicted molar refractivity (Wildman–Crippen MR) is 119 cm³/mol. The second-order valence-electron chi connectivity index (χ2n) is 7.24. The SMILES string of the molecule is Cc1cccc(CNC(=O)c2cn(-c3nc(N[C@H]4CCOC4)ncc3C)cn2)c1.S. The minimum Gasteiger partial charge on any atom is -0.379 e. The molecule has 2 aromatic heterocycles. The molecule has 3 heterocycles. The summed E-state index contributed by atoms with van der Waals surface area (Å²) in [6, 6.07) is 8.26. The molecule has 1 aliphatic rings. The van der Waals surface area contributed by atoms with Gasteiger partial charge in [0, 0.05) is 31.1 Å². The van der Waals surface area contributed by atoms with Gasteiger partial charge in [-0.25, -0.2) is 9.97 Å². The van der Waals surface area contributed by atoms with Crippen LogP contribution in [0, 0.1) is 13.8 Å². The number of rotatable bonds is 6. The summed E-state index contributed by atoms with van der Waals surface area (Å²) in [6.07, 6.45) is 5.98. The van der Waals surface area contributed by atoms with Crippen LogP contribution in [0.4, 0.5) is 5.95 Å². The van der Waals surface area contributed by atoms with Gasteiger partial charge >= 0.3 is 0 Å². The number of amides is 1.